The standard InChI is InChI=1S/C16H23N3O2S/c1-16(2,3)21-15(20)18-10-11(17)8-9-14-19-12-6-4-5-7-13(12)22-14/h4-7,11H,8-10,17H2,1-3H3,(H,18,20). The predicted octanol–water partition coefficient (Wildman–Crippen LogP) is 3.08. The Kier molecular flexibility index (Phi) is 5.37. The quantitative estimate of drug-likeness (QED) is 0.887. The normalized spacial score (nSPS) is 13.1. The lowest BCUT2D eigenvalue weighted by Gasteiger charge is -2.20. The number of ether oxygens (including phenoxy) is 1. The minimum absolute atomic E-state index is 0.112. The Labute approximate surface area is 134 Å². The second-order valence-corrected chi connectivity index (χ2v) is 7.37. The van der Waals surface area contributed by atoms with Gasteiger partial charge in [0.1, 0.15) is 5.60 Å². The number of benzene rings is 1. The lowest BCUT2D eigenvalue weighted by Crippen LogP contribution is -2.40. The number of nitrogens with one attached hydrogen (secondary N) is 1. The second-order valence-electron chi connectivity index (χ2n) is 6.26. The summed E-state index contributed by atoms with van der Waals surface area (Å²) < 4.78 is 6.37. The number of thiazole rings is 1. The van der Waals surface area contributed by atoms with E-state index in [0.717, 1.165) is 23.4 Å². The molecule has 1 atom stereocenters. The van der Waals surface area contributed by atoms with Crippen molar-refractivity contribution in [2.75, 3.05) is 6.54 Å². The monoisotopic (exact) mass is 321 g/mol. The van der Waals surface area contributed by atoms with Crippen LogP contribution in [0, 0.1) is 0 Å². The molecule has 0 aliphatic carbocycles. The SMILES string of the molecule is CC(C)(C)OC(=O)NCC(N)CCc1nc2ccccc2s1. The van der Waals surface area contributed by atoms with Gasteiger partial charge in [0.2, 0.25) is 0 Å². The molecule has 22 heavy (non-hydrogen) atoms. The molecule has 1 amide bonds. The number of hydrogen-bond donors (Lipinski definition) is 2. The molecule has 5 nitrogen and oxygen atoms in total. The van der Waals surface area contributed by atoms with Crippen molar-refractivity contribution in [3.63, 3.8) is 0 Å². The highest BCUT2D eigenvalue weighted by atomic mass is 32.1. The van der Waals surface area contributed by atoms with E-state index in [1.54, 1.807) is 11.3 Å². The first-order valence-electron chi connectivity index (χ1n) is 7.40. The van der Waals surface area contributed by atoms with Gasteiger partial charge in [0.15, 0.2) is 0 Å². The molecule has 0 radical (unpaired) electrons. The molecule has 2 aromatic rings. The highest BCUT2D eigenvalue weighted by Crippen LogP contribution is 2.22. The zero-order chi connectivity index (χ0) is 16.2. The van der Waals surface area contributed by atoms with E-state index in [0.29, 0.717) is 6.54 Å². The van der Waals surface area contributed by atoms with Gasteiger partial charge in [-0.2, -0.15) is 0 Å². The van der Waals surface area contributed by atoms with Crippen molar-refractivity contribution in [2.24, 2.45) is 5.73 Å². The maximum Gasteiger partial charge on any atom is 0.407 e. The van der Waals surface area contributed by atoms with Crippen LogP contribution in [0.1, 0.15) is 32.2 Å². The fourth-order valence-corrected chi connectivity index (χ4v) is 2.95. The number of amides is 1. The number of nitrogens with two attached hydrogens (primary N) is 1. The van der Waals surface area contributed by atoms with Crippen molar-refractivity contribution in [1.29, 1.82) is 0 Å². The minimum atomic E-state index is -0.491. The number of para-hydroxylation sites is 1. The molecule has 0 aliphatic heterocycles. The van der Waals surface area contributed by atoms with Crippen molar-refractivity contribution in [3.05, 3.63) is 29.3 Å². The molecule has 0 aliphatic rings. The summed E-state index contributed by atoms with van der Waals surface area (Å²) in [5, 5.41) is 3.78. The van der Waals surface area contributed by atoms with Crippen LogP contribution in [0.5, 0.6) is 0 Å². The number of carbonyl (C=O) groups is 1. The van der Waals surface area contributed by atoms with Gasteiger partial charge in [-0.3, -0.25) is 0 Å². The number of alkyl carbamates (subject to hydrolysis) is 1. The summed E-state index contributed by atoms with van der Waals surface area (Å²) in [6, 6.07) is 7.97. The Balaban J connectivity index is 1.75. The fraction of sp³-hybridized carbons (Fsp3) is 0.500. The van der Waals surface area contributed by atoms with Crippen molar-refractivity contribution >= 4 is 27.6 Å². The van der Waals surface area contributed by atoms with E-state index in [1.165, 1.54) is 4.70 Å². The first-order valence-corrected chi connectivity index (χ1v) is 8.22. The summed E-state index contributed by atoms with van der Waals surface area (Å²) in [7, 11) is 0. The van der Waals surface area contributed by atoms with Crippen LogP contribution in [0.2, 0.25) is 0 Å². The van der Waals surface area contributed by atoms with E-state index < -0.39 is 11.7 Å². The Bertz CT molecular complexity index is 601. The molecule has 0 spiro atoms. The topological polar surface area (TPSA) is 77.2 Å². The Morgan fingerprint density at radius 1 is 1.41 bits per heavy atom. The van der Waals surface area contributed by atoms with Crippen molar-refractivity contribution in [1.82, 2.24) is 10.3 Å². The van der Waals surface area contributed by atoms with Gasteiger partial charge >= 0.3 is 6.09 Å². The first-order chi connectivity index (χ1) is 10.3. The summed E-state index contributed by atoms with van der Waals surface area (Å²) in [5.41, 5.74) is 6.57. The Morgan fingerprint density at radius 3 is 2.82 bits per heavy atom. The number of nitrogens with zero attached hydrogens (tertiary/aromatic N) is 1. The van der Waals surface area contributed by atoms with Crippen LogP contribution < -0.4 is 11.1 Å². The maximum absolute atomic E-state index is 11.6. The zero-order valence-electron chi connectivity index (χ0n) is 13.3. The lowest BCUT2D eigenvalue weighted by molar-refractivity contribution is 0.0524. The highest BCUT2D eigenvalue weighted by Gasteiger charge is 2.16. The van der Waals surface area contributed by atoms with Gasteiger partial charge in [-0.15, -0.1) is 11.3 Å². The van der Waals surface area contributed by atoms with Crippen LogP contribution in [-0.2, 0) is 11.2 Å². The molecule has 3 N–H and O–H groups in total. The van der Waals surface area contributed by atoms with Crippen LogP contribution in [0.15, 0.2) is 24.3 Å². The smallest absolute Gasteiger partial charge is 0.407 e. The minimum Gasteiger partial charge on any atom is -0.444 e. The third-order valence-electron chi connectivity index (χ3n) is 2.97. The third kappa shape index (κ3) is 5.27. The fourth-order valence-electron chi connectivity index (χ4n) is 1.97. The van der Waals surface area contributed by atoms with Gasteiger partial charge in [0, 0.05) is 19.0 Å². The van der Waals surface area contributed by atoms with Gasteiger partial charge in [-0.05, 0) is 39.3 Å². The number of hydrogen-bond acceptors (Lipinski definition) is 5. The molecule has 2 rings (SSSR count). The van der Waals surface area contributed by atoms with Crippen LogP contribution in [-0.4, -0.2) is 29.3 Å². The van der Waals surface area contributed by atoms with Crippen LogP contribution >= 0.6 is 11.3 Å². The first kappa shape index (κ1) is 16.7. The van der Waals surface area contributed by atoms with E-state index in [2.05, 4.69) is 16.4 Å². The van der Waals surface area contributed by atoms with Gasteiger partial charge < -0.3 is 15.8 Å². The maximum atomic E-state index is 11.6. The molecule has 120 valence electrons. The number of fused-ring (bicyclic) bond motifs is 1. The van der Waals surface area contributed by atoms with E-state index in [1.807, 2.05) is 39.0 Å². The highest BCUT2D eigenvalue weighted by molar-refractivity contribution is 7.18. The van der Waals surface area contributed by atoms with Crippen LogP contribution in [0.25, 0.3) is 10.2 Å². The van der Waals surface area contributed by atoms with Gasteiger partial charge in [0.25, 0.3) is 0 Å². The molecular weight excluding hydrogens is 298 g/mol. The predicted molar refractivity (Wildman–Crippen MR) is 90.2 cm³/mol. The summed E-state index contributed by atoms with van der Waals surface area (Å²) >= 11 is 1.69. The van der Waals surface area contributed by atoms with E-state index in [9.17, 15) is 4.79 Å². The number of aryl methyl sites for hydroxylation is 1. The van der Waals surface area contributed by atoms with Gasteiger partial charge in [0.05, 0.1) is 15.2 Å². The average Bonchev–Trinajstić information content (AvgIpc) is 2.84. The largest absolute Gasteiger partial charge is 0.444 e. The Morgan fingerprint density at radius 2 is 2.14 bits per heavy atom. The molecular formula is C16H23N3O2S. The molecule has 0 saturated carbocycles. The van der Waals surface area contributed by atoms with Crippen LogP contribution in [0.4, 0.5) is 4.79 Å². The molecule has 1 unspecified atom stereocenters. The molecule has 1 heterocycles. The molecule has 0 fully saturated rings. The van der Waals surface area contributed by atoms with Crippen LogP contribution in [0.3, 0.4) is 0 Å². The van der Waals surface area contributed by atoms with E-state index >= 15 is 0 Å². The van der Waals surface area contributed by atoms with Crippen molar-refractivity contribution in [2.45, 2.75) is 45.3 Å². The summed E-state index contributed by atoms with van der Waals surface area (Å²) in [4.78, 5) is 16.1. The van der Waals surface area contributed by atoms with E-state index in [4.69, 9.17) is 10.5 Å². The second kappa shape index (κ2) is 7.07. The van der Waals surface area contributed by atoms with Gasteiger partial charge in [-0.25, -0.2) is 9.78 Å². The molecule has 1 aromatic carbocycles. The molecule has 0 bridgehead atoms. The van der Waals surface area contributed by atoms with E-state index in [-0.39, 0.29) is 6.04 Å². The summed E-state index contributed by atoms with van der Waals surface area (Å²) in [6.45, 7) is 5.90. The average molecular weight is 321 g/mol. The number of carbonyl (C=O) groups excluding carboxylic acids is 1. The summed E-state index contributed by atoms with van der Waals surface area (Å²) in [6.07, 6.45) is 1.16. The lowest BCUT2D eigenvalue weighted by atomic mass is 10.2. The molecule has 0 saturated heterocycles. The third-order valence-corrected chi connectivity index (χ3v) is 4.07. The zero-order valence-corrected chi connectivity index (χ0v) is 14.1. The molecule has 1 aromatic heterocycles. The summed E-state index contributed by atoms with van der Waals surface area (Å²) in [5.74, 6) is 0. The number of rotatable bonds is 5. The van der Waals surface area contributed by atoms with Gasteiger partial charge in [-0.1, -0.05) is 12.1 Å². The Hall–Kier alpha value is -1.66. The molecule has 6 heteroatoms. The van der Waals surface area contributed by atoms with Crippen molar-refractivity contribution in [3.8, 4) is 0 Å². The van der Waals surface area contributed by atoms with Crippen molar-refractivity contribution < 1.29 is 9.53 Å². The number of aromatic nitrogens is 1.